The average Bonchev–Trinajstić information content (AvgIpc) is 2.15. The Hall–Kier alpha value is -0.960. The first-order valence-corrected chi connectivity index (χ1v) is 5.89. The molecule has 1 nitrogen and oxygen atoms in total. The lowest BCUT2D eigenvalue weighted by Crippen LogP contribution is -2.34. The van der Waals surface area contributed by atoms with Gasteiger partial charge in [0.1, 0.15) is 0 Å². The van der Waals surface area contributed by atoms with Gasteiger partial charge in [-0.1, -0.05) is 38.1 Å². The summed E-state index contributed by atoms with van der Waals surface area (Å²) in [5, 5.41) is 0. The molecule has 0 saturated heterocycles. The van der Waals surface area contributed by atoms with Crippen molar-refractivity contribution < 1.29 is 8.78 Å². The molecule has 3 heteroatoms. The molecule has 2 N–H and O–H groups in total. The Labute approximate surface area is 102 Å². The van der Waals surface area contributed by atoms with Crippen molar-refractivity contribution in [2.75, 3.05) is 0 Å². The first-order chi connectivity index (χ1) is 7.63. The molecule has 0 fully saturated rings. The first-order valence-electron chi connectivity index (χ1n) is 5.89. The van der Waals surface area contributed by atoms with Gasteiger partial charge in [0.2, 0.25) is 0 Å². The summed E-state index contributed by atoms with van der Waals surface area (Å²) in [5.74, 6) is -3.46. The van der Waals surface area contributed by atoms with E-state index < -0.39 is 11.8 Å². The van der Waals surface area contributed by atoms with Crippen molar-refractivity contribution in [2.45, 2.75) is 45.6 Å². The zero-order valence-corrected chi connectivity index (χ0v) is 10.9. The van der Waals surface area contributed by atoms with Crippen molar-refractivity contribution >= 4 is 0 Å². The minimum atomic E-state index is -2.77. The van der Waals surface area contributed by atoms with Crippen LogP contribution in [0, 0.1) is 5.92 Å². The second-order valence-corrected chi connectivity index (χ2v) is 5.64. The molecule has 1 aromatic carbocycles. The minimum Gasteiger partial charge on any atom is -0.325 e. The zero-order valence-electron chi connectivity index (χ0n) is 10.9. The predicted molar refractivity (Wildman–Crippen MR) is 67.1 cm³/mol. The summed E-state index contributed by atoms with van der Waals surface area (Å²) in [7, 11) is 0. The third-order valence-corrected chi connectivity index (χ3v) is 2.72. The van der Waals surface area contributed by atoms with Crippen molar-refractivity contribution in [3.63, 3.8) is 0 Å². The van der Waals surface area contributed by atoms with E-state index in [1.54, 1.807) is 12.1 Å². The fourth-order valence-corrected chi connectivity index (χ4v) is 1.70. The molecule has 96 valence electrons. The van der Waals surface area contributed by atoms with Crippen molar-refractivity contribution in [1.29, 1.82) is 0 Å². The zero-order chi connectivity index (χ0) is 13.3. The van der Waals surface area contributed by atoms with Crippen LogP contribution in [0.1, 0.15) is 38.8 Å². The third kappa shape index (κ3) is 3.77. The van der Waals surface area contributed by atoms with Gasteiger partial charge in [-0.3, -0.25) is 0 Å². The number of hydrogen-bond donors (Lipinski definition) is 1. The molecule has 0 radical (unpaired) electrons. The summed E-state index contributed by atoms with van der Waals surface area (Å²) >= 11 is 0. The van der Waals surface area contributed by atoms with Crippen molar-refractivity contribution in [2.24, 2.45) is 11.7 Å². The molecule has 0 aliphatic carbocycles. The first kappa shape index (κ1) is 14.1. The van der Waals surface area contributed by atoms with Crippen LogP contribution in [0.15, 0.2) is 24.3 Å². The molecule has 0 atom stereocenters. The highest BCUT2D eigenvalue weighted by molar-refractivity contribution is 5.27. The molecular weight excluding hydrogens is 220 g/mol. The van der Waals surface area contributed by atoms with E-state index in [2.05, 4.69) is 0 Å². The van der Waals surface area contributed by atoms with Gasteiger partial charge in [0.25, 0.3) is 5.92 Å². The number of nitrogens with two attached hydrogens (primary N) is 1. The molecule has 1 aromatic rings. The smallest absolute Gasteiger partial charge is 0.275 e. The van der Waals surface area contributed by atoms with E-state index in [1.807, 2.05) is 13.8 Å². The maximum atomic E-state index is 13.7. The van der Waals surface area contributed by atoms with Gasteiger partial charge in [-0.15, -0.1) is 0 Å². The number of benzene rings is 1. The average molecular weight is 241 g/mol. The van der Waals surface area contributed by atoms with Crippen LogP contribution in [-0.2, 0) is 12.3 Å². The summed E-state index contributed by atoms with van der Waals surface area (Å²) in [4.78, 5) is 0. The molecule has 0 unspecified atom stereocenters. The van der Waals surface area contributed by atoms with Crippen LogP contribution in [0.25, 0.3) is 0 Å². The van der Waals surface area contributed by atoms with Crippen molar-refractivity contribution in [3.8, 4) is 0 Å². The van der Waals surface area contributed by atoms with Crippen molar-refractivity contribution in [3.05, 3.63) is 35.4 Å². The quantitative estimate of drug-likeness (QED) is 0.854. The second kappa shape index (κ2) is 4.73. The van der Waals surface area contributed by atoms with E-state index in [9.17, 15) is 8.78 Å². The van der Waals surface area contributed by atoms with Gasteiger partial charge in [-0.25, -0.2) is 8.78 Å². The number of halogens is 2. The molecule has 0 bridgehead atoms. The Bertz CT molecular complexity index is 361. The molecule has 0 heterocycles. The van der Waals surface area contributed by atoms with Gasteiger partial charge in [0.15, 0.2) is 0 Å². The van der Waals surface area contributed by atoms with Crippen LogP contribution in [0.2, 0.25) is 0 Å². The van der Waals surface area contributed by atoms with E-state index in [1.165, 1.54) is 26.0 Å². The van der Waals surface area contributed by atoms with E-state index in [0.717, 1.165) is 5.56 Å². The maximum absolute atomic E-state index is 13.7. The van der Waals surface area contributed by atoms with Crippen LogP contribution >= 0.6 is 0 Å². The molecule has 17 heavy (non-hydrogen) atoms. The molecule has 0 aliphatic rings. The maximum Gasteiger partial charge on any atom is 0.275 e. The lowest BCUT2D eigenvalue weighted by atomic mass is 9.93. The van der Waals surface area contributed by atoms with Gasteiger partial charge in [0, 0.05) is 17.0 Å². The molecular formula is C14H21F2N. The van der Waals surface area contributed by atoms with E-state index >= 15 is 0 Å². The highest BCUT2D eigenvalue weighted by atomic mass is 19.3. The van der Waals surface area contributed by atoms with Crippen LogP contribution in [-0.4, -0.2) is 5.54 Å². The van der Waals surface area contributed by atoms with Crippen LogP contribution in [0.3, 0.4) is 0 Å². The Morgan fingerprint density at radius 2 is 1.59 bits per heavy atom. The third-order valence-electron chi connectivity index (χ3n) is 2.72. The molecule has 0 aliphatic heterocycles. The Morgan fingerprint density at radius 3 is 1.94 bits per heavy atom. The highest BCUT2D eigenvalue weighted by Gasteiger charge is 2.35. The molecule has 0 spiro atoms. The summed E-state index contributed by atoms with van der Waals surface area (Å²) in [5.41, 5.74) is 6.64. The van der Waals surface area contributed by atoms with E-state index in [-0.39, 0.29) is 11.1 Å². The lowest BCUT2D eigenvalue weighted by molar-refractivity contribution is -0.0513. The van der Waals surface area contributed by atoms with Gasteiger partial charge >= 0.3 is 0 Å². The largest absolute Gasteiger partial charge is 0.325 e. The normalized spacial score (nSPS) is 13.2. The summed E-state index contributed by atoms with van der Waals surface area (Å²) in [6.07, 6.45) is 0.681. The molecule has 1 rings (SSSR count). The molecule has 0 saturated carbocycles. The topological polar surface area (TPSA) is 26.0 Å². The monoisotopic (exact) mass is 241 g/mol. The predicted octanol–water partition coefficient (Wildman–Crippen LogP) is 3.71. The Balaban J connectivity index is 2.89. The second-order valence-electron chi connectivity index (χ2n) is 5.64. The number of hydrogen-bond acceptors (Lipinski definition) is 1. The van der Waals surface area contributed by atoms with Gasteiger partial charge < -0.3 is 5.73 Å². The summed E-state index contributed by atoms with van der Waals surface area (Å²) in [6.45, 7) is 6.89. The highest BCUT2D eigenvalue weighted by Crippen LogP contribution is 2.35. The van der Waals surface area contributed by atoms with Gasteiger partial charge in [-0.05, 0) is 25.8 Å². The SMILES string of the molecule is CC(C)C(F)(F)c1ccc(CC(C)(C)N)cc1. The lowest BCUT2D eigenvalue weighted by Gasteiger charge is -2.22. The van der Waals surface area contributed by atoms with Crippen LogP contribution in [0.4, 0.5) is 8.78 Å². The fraction of sp³-hybridized carbons (Fsp3) is 0.571. The van der Waals surface area contributed by atoms with E-state index in [0.29, 0.717) is 6.42 Å². The Kier molecular flexibility index (Phi) is 3.92. The van der Waals surface area contributed by atoms with Gasteiger partial charge in [0.05, 0.1) is 0 Å². The molecule has 0 amide bonds. The minimum absolute atomic E-state index is 0.0751. The van der Waals surface area contributed by atoms with E-state index in [4.69, 9.17) is 5.73 Å². The van der Waals surface area contributed by atoms with Crippen molar-refractivity contribution in [1.82, 2.24) is 0 Å². The van der Waals surface area contributed by atoms with Crippen LogP contribution in [0.5, 0.6) is 0 Å². The summed E-state index contributed by atoms with van der Waals surface area (Å²) in [6, 6.07) is 6.47. The Morgan fingerprint density at radius 1 is 1.12 bits per heavy atom. The standard InChI is InChI=1S/C14H21F2N/c1-10(2)14(15,16)12-7-5-11(6-8-12)9-13(3,4)17/h5-8,10H,9,17H2,1-4H3. The fourth-order valence-electron chi connectivity index (χ4n) is 1.70. The van der Waals surface area contributed by atoms with Crippen LogP contribution < -0.4 is 5.73 Å². The molecule has 0 aromatic heterocycles. The number of alkyl halides is 2. The van der Waals surface area contributed by atoms with Gasteiger partial charge in [-0.2, -0.15) is 0 Å². The number of rotatable bonds is 4. The summed E-state index contributed by atoms with van der Waals surface area (Å²) < 4.78 is 27.4.